The van der Waals surface area contributed by atoms with Gasteiger partial charge in [0.05, 0.1) is 5.69 Å². The average Bonchev–Trinajstić information content (AvgIpc) is 2.73. The normalized spacial score (nSPS) is 22.0. The molecule has 1 aromatic carbocycles. The Kier molecular flexibility index (Phi) is 9.81. The molecular weight excluding hydrogens is 502 g/mol. The summed E-state index contributed by atoms with van der Waals surface area (Å²) in [7, 11) is 1.81. The molecule has 0 bridgehead atoms. The minimum absolute atomic E-state index is 0. The van der Waals surface area contributed by atoms with Gasteiger partial charge < -0.3 is 20.3 Å². The van der Waals surface area contributed by atoms with Crippen molar-refractivity contribution in [1.82, 2.24) is 10.6 Å². The molecular formula is C21H34FIN4OS. The van der Waals surface area contributed by atoms with Crippen molar-refractivity contribution in [3.63, 3.8) is 0 Å². The summed E-state index contributed by atoms with van der Waals surface area (Å²) >= 11 is 1.92. The molecule has 2 aliphatic rings. The molecule has 164 valence electrons. The van der Waals surface area contributed by atoms with E-state index in [-0.39, 0.29) is 40.6 Å². The summed E-state index contributed by atoms with van der Waals surface area (Å²) in [5, 5.41) is 7.08. The zero-order chi connectivity index (χ0) is 20.0. The summed E-state index contributed by atoms with van der Waals surface area (Å²) in [5.41, 5.74) is 1.79. The average molecular weight is 536 g/mol. The summed E-state index contributed by atoms with van der Waals surface area (Å²) < 4.78 is 20.0. The molecule has 1 unspecified atom stereocenters. The number of nitrogens with one attached hydrogen (secondary N) is 2. The number of aryl methyl sites for hydroxylation is 1. The highest BCUT2D eigenvalue weighted by atomic mass is 127. The van der Waals surface area contributed by atoms with Crippen LogP contribution >= 0.6 is 35.7 Å². The number of rotatable bonds is 5. The van der Waals surface area contributed by atoms with E-state index in [0.717, 1.165) is 70.1 Å². The van der Waals surface area contributed by atoms with Crippen LogP contribution in [-0.2, 0) is 4.74 Å². The fourth-order valence-corrected chi connectivity index (χ4v) is 4.80. The maximum Gasteiger partial charge on any atom is 0.191 e. The fraction of sp³-hybridized carbons (Fsp3) is 0.667. The quantitative estimate of drug-likeness (QED) is 0.341. The van der Waals surface area contributed by atoms with Crippen LogP contribution in [0.1, 0.15) is 31.2 Å². The Morgan fingerprint density at radius 2 is 2.14 bits per heavy atom. The Morgan fingerprint density at radius 1 is 1.38 bits per heavy atom. The highest BCUT2D eigenvalue weighted by Crippen LogP contribution is 2.33. The zero-order valence-corrected chi connectivity index (χ0v) is 20.8. The number of ether oxygens (including phenoxy) is 1. The van der Waals surface area contributed by atoms with Gasteiger partial charge in [0.15, 0.2) is 5.96 Å². The predicted octanol–water partition coefficient (Wildman–Crippen LogP) is 3.80. The summed E-state index contributed by atoms with van der Waals surface area (Å²) in [5.74, 6) is 0.687. The van der Waals surface area contributed by atoms with Gasteiger partial charge in [-0.2, -0.15) is 11.8 Å². The molecule has 2 aliphatic heterocycles. The van der Waals surface area contributed by atoms with Crippen LogP contribution in [-0.4, -0.2) is 62.9 Å². The number of guanidine groups is 1. The van der Waals surface area contributed by atoms with Gasteiger partial charge in [0.2, 0.25) is 0 Å². The number of aliphatic imine (C=N–C) groups is 1. The van der Waals surface area contributed by atoms with Gasteiger partial charge in [-0.05, 0) is 56.6 Å². The standard InChI is InChI=1S/C21H33FN4OS.HI/c1-16-6-7-18(22)19(13-16)26-10-4-5-17(14-26)25-20(23-2)24-15-21(28-3)8-11-27-12-9-21;/h6-7,13,17H,4-5,8-12,14-15H2,1-3H3,(H2,23,24,25);1H. The van der Waals surface area contributed by atoms with Gasteiger partial charge in [0.1, 0.15) is 5.82 Å². The summed E-state index contributed by atoms with van der Waals surface area (Å²) in [6.45, 7) is 6.21. The SMILES string of the molecule is CN=C(NCC1(SC)CCOCC1)NC1CCCN(c2cc(C)ccc2F)C1.I. The number of hydrogen-bond acceptors (Lipinski definition) is 4. The van der Waals surface area contributed by atoms with Crippen LogP contribution in [0, 0.1) is 12.7 Å². The van der Waals surface area contributed by atoms with Gasteiger partial charge in [-0.3, -0.25) is 4.99 Å². The zero-order valence-electron chi connectivity index (χ0n) is 17.7. The van der Waals surface area contributed by atoms with E-state index < -0.39 is 0 Å². The molecule has 29 heavy (non-hydrogen) atoms. The Labute approximate surface area is 195 Å². The van der Waals surface area contributed by atoms with Crippen molar-refractivity contribution in [2.45, 2.75) is 43.4 Å². The number of thioether (sulfide) groups is 1. The van der Waals surface area contributed by atoms with Crippen LogP contribution in [0.3, 0.4) is 0 Å². The molecule has 1 atom stereocenters. The second-order valence-corrected chi connectivity index (χ2v) is 9.08. The number of halogens is 2. The third kappa shape index (κ3) is 6.62. The van der Waals surface area contributed by atoms with Crippen LogP contribution in [0.5, 0.6) is 0 Å². The number of anilines is 1. The van der Waals surface area contributed by atoms with Crippen molar-refractivity contribution < 1.29 is 9.13 Å². The lowest BCUT2D eigenvalue weighted by Crippen LogP contribution is -2.54. The molecule has 0 spiro atoms. The number of piperidine rings is 1. The van der Waals surface area contributed by atoms with Crippen molar-refractivity contribution in [3.8, 4) is 0 Å². The summed E-state index contributed by atoms with van der Waals surface area (Å²) in [4.78, 5) is 6.57. The first-order valence-corrected chi connectivity index (χ1v) is 11.4. The third-order valence-corrected chi connectivity index (χ3v) is 7.26. The monoisotopic (exact) mass is 536 g/mol. The second-order valence-electron chi connectivity index (χ2n) is 7.81. The Morgan fingerprint density at radius 3 is 2.83 bits per heavy atom. The molecule has 0 saturated carbocycles. The largest absolute Gasteiger partial charge is 0.381 e. The van der Waals surface area contributed by atoms with E-state index in [1.54, 1.807) is 6.07 Å². The first-order chi connectivity index (χ1) is 13.5. The van der Waals surface area contributed by atoms with E-state index in [4.69, 9.17) is 4.74 Å². The molecule has 2 N–H and O–H groups in total. The lowest BCUT2D eigenvalue weighted by molar-refractivity contribution is 0.0782. The van der Waals surface area contributed by atoms with Crippen LogP contribution in [0.15, 0.2) is 23.2 Å². The Hall–Kier alpha value is -0.740. The maximum absolute atomic E-state index is 14.3. The maximum atomic E-state index is 14.3. The van der Waals surface area contributed by atoms with Crippen LogP contribution < -0.4 is 15.5 Å². The highest BCUT2D eigenvalue weighted by Gasteiger charge is 2.32. The molecule has 2 heterocycles. The number of hydrogen-bond donors (Lipinski definition) is 2. The van der Waals surface area contributed by atoms with E-state index in [1.165, 1.54) is 0 Å². The van der Waals surface area contributed by atoms with Gasteiger partial charge in [-0.25, -0.2) is 4.39 Å². The summed E-state index contributed by atoms with van der Waals surface area (Å²) in [6, 6.07) is 5.58. The highest BCUT2D eigenvalue weighted by molar-refractivity contribution is 14.0. The van der Waals surface area contributed by atoms with Crippen molar-refractivity contribution in [2.24, 2.45) is 4.99 Å². The van der Waals surface area contributed by atoms with E-state index in [9.17, 15) is 4.39 Å². The first kappa shape index (κ1) is 24.5. The van der Waals surface area contributed by atoms with E-state index in [0.29, 0.717) is 5.69 Å². The van der Waals surface area contributed by atoms with Gasteiger partial charge in [0, 0.05) is 50.7 Å². The van der Waals surface area contributed by atoms with Crippen molar-refractivity contribution >= 4 is 47.4 Å². The Balaban J connectivity index is 0.00000300. The van der Waals surface area contributed by atoms with Gasteiger partial charge >= 0.3 is 0 Å². The Bertz CT molecular complexity index is 685. The summed E-state index contributed by atoms with van der Waals surface area (Å²) in [6.07, 6.45) is 6.39. The molecule has 8 heteroatoms. The smallest absolute Gasteiger partial charge is 0.191 e. The molecule has 0 aliphatic carbocycles. The van der Waals surface area contributed by atoms with E-state index in [2.05, 4.69) is 26.8 Å². The van der Waals surface area contributed by atoms with Crippen LogP contribution in [0.4, 0.5) is 10.1 Å². The van der Waals surface area contributed by atoms with Gasteiger partial charge in [0.25, 0.3) is 0 Å². The van der Waals surface area contributed by atoms with E-state index in [1.807, 2.05) is 37.9 Å². The lowest BCUT2D eigenvalue weighted by atomic mass is 9.99. The molecule has 3 rings (SSSR count). The minimum Gasteiger partial charge on any atom is -0.381 e. The van der Waals surface area contributed by atoms with Gasteiger partial charge in [-0.1, -0.05) is 6.07 Å². The predicted molar refractivity (Wildman–Crippen MR) is 133 cm³/mol. The van der Waals surface area contributed by atoms with Gasteiger partial charge in [-0.15, -0.1) is 24.0 Å². The van der Waals surface area contributed by atoms with Crippen molar-refractivity contribution in [2.75, 3.05) is 51.1 Å². The molecule has 0 radical (unpaired) electrons. The molecule has 0 amide bonds. The van der Waals surface area contributed by atoms with Crippen LogP contribution in [0.25, 0.3) is 0 Å². The molecule has 1 aromatic rings. The second kappa shape index (κ2) is 11.6. The van der Waals surface area contributed by atoms with E-state index >= 15 is 0 Å². The minimum atomic E-state index is -0.143. The van der Waals surface area contributed by atoms with Crippen LogP contribution in [0.2, 0.25) is 0 Å². The third-order valence-electron chi connectivity index (χ3n) is 5.84. The number of benzene rings is 1. The van der Waals surface area contributed by atoms with Crippen molar-refractivity contribution in [3.05, 3.63) is 29.6 Å². The fourth-order valence-electron chi connectivity index (χ4n) is 4.01. The first-order valence-electron chi connectivity index (χ1n) is 10.2. The molecule has 0 aromatic heterocycles. The topological polar surface area (TPSA) is 48.9 Å². The molecule has 2 saturated heterocycles. The molecule has 2 fully saturated rings. The van der Waals surface area contributed by atoms with Crippen molar-refractivity contribution in [1.29, 1.82) is 0 Å². The lowest BCUT2D eigenvalue weighted by Gasteiger charge is -2.38. The number of nitrogens with zero attached hydrogens (tertiary/aromatic N) is 2. The molecule has 5 nitrogen and oxygen atoms in total.